The molecule has 0 bridgehead atoms. The molecule has 0 aliphatic carbocycles. The van der Waals surface area contributed by atoms with E-state index in [4.69, 9.17) is 14.2 Å². The molecule has 0 spiro atoms. The normalized spacial score (nSPS) is 16.8. The number of amides is 1. The molecule has 1 N–H and O–H groups in total. The van der Waals surface area contributed by atoms with E-state index in [1.807, 2.05) is 6.07 Å². The molecule has 2 aromatic carbocycles. The predicted molar refractivity (Wildman–Crippen MR) is 152 cm³/mol. The Balaban J connectivity index is 2.06. The molecule has 212 valence electrons. The van der Waals surface area contributed by atoms with Crippen LogP contribution in [0.1, 0.15) is 57.7 Å². The molecule has 1 aliphatic rings. The SMILES string of the molecule is CCN(CC)CCCN1C(=O)C(=O)/C(=C(/O)c2cccc(OC)c2)C1c1ccc(OCCC(C)C)c(OC)c1. The fourth-order valence-corrected chi connectivity index (χ4v) is 4.77. The maximum atomic E-state index is 13.4. The van der Waals surface area contributed by atoms with Crippen molar-refractivity contribution in [3.8, 4) is 17.2 Å². The van der Waals surface area contributed by atoms with Crippen LogP contribution in [0.3, 0.4) is 0 Å². The molecule has 1 unspecified atom stereocenters. The zero-order valence-electron chi connectivity index (χ0n) is 24.0. The van der Waals surface area contributed by atoms with Gasteiger partial charge in [0.1, 0.15) is 11.5 Å². The zero-order valence-corrected chi connectivity index (χ0v) is 24.0. The number of ketones is 1. The number of carbonyl (C=O) groups excluding carboxylic acids is 2. The second-order valence-corrected chi connectivity index (χ2v) is 10.0. The van der Waals surface area contributed by atoms with Crippen LogP contribution in [-0.2, 0) is 9.59 Å². The number of Topliss-reactive ketones (excluding diaryl/α,β-unsaturated/α-hetero) is 1. The average Bonchev–Trinajstić information content (AvgIpc) is 3.19. The summed E-state index contributed by atoms with van der Waals surface area (Å²) in [4.78, 5) is 30.6. The number of nitrogens with zero attached hydrogens (tertiary/aromatic N) is 2. The summed E-state index contributed by atoms with van der Waals surface area (Å²) < 4.78 is 16.9. The van der Waals surface area contributed by atoms with Crippen molar-refractivity contribution in [3.63, 3.8) is 0 Å². The molecule has 1 amide bonds. The van der Waals surface area contributed by atoms with E-state index >= 15 is 0 Å². The third kappa shape index (κ3) is 7.12. The number of hydrogen-bond acceptors (Lipinski definition) is 7. The van der Waals surface area contributed by atoms with Gasteiger partial charge in [-0.25, -0.2) is 0 Å². The van der Waals surface area contributed by atoms with Gasteiger partial charge >= 0.3 is 0 Å². The van der Waals surface area contributed by atoms with Gasteiger partial charge in [-0.05, 0) is 68.2 Å². The molecule has 3 rings (SSSR count). The van der Waals surface area contributed by atoms with Gasteiger partial charge < -0.3 is 29.1 Å². The molecule has 2 aromatic rings. The largest absolute Gasteiger partial charge is 0.507 e. The monoisotopic (exact) mass is 538 g/mol. The highest BCUT2D eigenvalue weighted by molar-refractivity contribution is 6.46. The van der Waals surface area contributed by atoms with Crippen molar-refractivity contribution in [2.75, 3.05) is 47.0 Å². The third-order valence-electron chi connectivity index (χ3n) is 7.11. The zero-order chi connectivity index (χ0) is 28.5. The number of aliphatic hydroxyl groups is 1. The lowest BCUT2D eigenvalue weighted by molar-refractivity contribution is -0.140. The van der Waals surface area contributed by atoms with Crippen molar-refractivity contribution in [3.05, 3.63) is 59.2 Å². The lowest BCUT2D eigenvalue weighted by Crippen LogP contribution is -2.33. The highest BCUT2D eigenvalue weighted by Gasteiger charge is 2.46. The van der Waals surface area contributed by atoms with Crippen molar-refractivity contribution in [2.45, 2.75) is 46.6 Å². The Morgan fingerprint density at radius 3 is 2.41 bits per heavy atom. The lowest BCUT2D eigenvalue weighted by Gasteiger charge is -2.27. The molecule has 1 atom stereocenters. The summed E-state index contributed by atoms with van der Waals surface area (Å²) >= 11 is 0. The van der Waals surface area contributed by atoms with Gasteiger partial charge in [-0.2, -0.15) is 0 Å². The molecule has 1 aliphatic heterocycles. The van der Waals surface area contributed by atoms with Crippen molar-refractivity contribution in [1.82, 2.24) is 9.80 Å². The van der Waals surface area contributed by atoms with Crippen LogP contribution in [0, 0.1) is 5.92 Å². The first-order valence-electron chi connectivity index (χ1n) is 13.7. The summed E-state index contributed by atoms with van der Waals surface area (Å²) in [6.45, 7) is 12.0. The summed E-state index contributed by atoms with van der Waals surface area (Å²) in [7, 11) is 3.09. The Morgan fingerprint density at radius 1 is 1.03 bits per heavy atom. The first-order valence-corrected chi connectivity index (χ1v) is 13.7. The number of benzene rings is 2. The van der Waals surface area contributed by atoms with Gasteiger partial charge in [-0.3, -0.25) is 9.59 Å². The van der Waals surface area contributed by atoms with E-state index in [1.54, 1.807) is 48.4 Å². The van der Waals surface area contributed by atoms with Crippen molar-refractivity contribution in [1.29, 1.82) is 0 Å². The van der Waals surface area contributed by atoms with Crippen LogP contribution in [0.4, 0.5) is 0 Å². The minimum atomic E-state index is -0.772. The van der Waals surface area contributed by atoms with Gasteiger partial charge in [0, 0.05) is 12.1 Å². The Kier molecular flexibility index (Phi) is 10.8. The molecule has 1 saturated heterocycles. The standard InChI is InChI=1S/C31H42N2O6/c1-7-32(8-2)16-10-17-33-28(22-13-14-25(26(20-22)38-6)39-18-15-21(3)4)27(30(35)31(33)36)29(34)23-11-9-12-24(19-23)37-5/h9,11-14,19-21,28,34H,7-8,10,15-18H2,1-6H3/b29-27+. The molecule has 8 heteroatoms. The maximum Gasteiger partial charge on any atom is 0.295 e. The highest BCUT2D eigenvalue weighted by atomic mass is 16.5. The van der Waals surface area contributed by atoms with Crippen LogP contribution in [0.2, 0.25) is 0 Å². The number of aliphatic hydroxyl groups excluding tert-OH is 1. The Bertz CT molecular complexity index is 1170. The van der Waals surface area contributed by atoms with E-state index in [1.165, 1.54) is 7.11 Å². The van der Waals surface area contributed by atoms with E-state index < -0.39 is 17.7 Å². The van der Waals surface area contributed by atoms with Gasteiger partial charge in [0.2, 0.25) is 0 Å². The molecule has 0 aromatic heterocycles. The van der Waals surface area contributed by atoms with Crippen LogP contribution >= 0.6 is 0 Å². The Labute approximate surface area is 232 Å². The highest BCUT2D eigenvalue weighted by Crippen LogP contribution is 2.42. The van der Waals surface area contributed by atoms with Gasteiger partial charge in [0.15, 0.2) is 11.5 Å². The lowest BCUT2D eigenvalue weighted by atomic mass is 9.95. The fourth-order valence-electron chi connectivity index (χ4n) is 4.77. The van der Waals surface area contributed by atoms with Crippen LogP contribution < -0.4 is 14.2 Å². The van der Waals surface area contributed by atoms with Crippen molar-refractivity contribution in [2.24, 2.45) is 5.92 Å². The molecule has 39 heavy (non-hydrogen) atoms. The summed E-state index contributed by atoms with van der Waals surface area (Å²) in [6.07, 6.45) is 1.59. The van der Waals surface area contributed by atoms with E-state index in [2.05, 4.69) is 32.6 Å². The van der Waals surface area contributed by atoms with Gasteiger partial charge in [-0.15, -0.1) is 0 Å². The minimum Gasteiger partial charge on any atom is -0.507 e. The Morgan fingerprint density at radius 2 is 1.77 bits per heavy atom. The number of methoxy groups -OCH3 is 2. The van der Waals surface area contributed by atoms with Crippen LogP contribution in [-0.4, -0.2) is 73.6 Å². The van der Waals surface area contributed by atoms with Gasteiger partial charge in [-0.1, -0.05) is 45.9 Å². The van der Waals surface area contributed by atoms with Crippen LogP contribution in [0.5, 0.6) is 17.2 Å². The van der Waals surface area contributed by atoms with Crippen LogP contribution in [0.15, 0.2) is 48.0 Å². The summed E-state index contributed by atoms with van der Waals surface area (Å²) in [6, 6.07) is 11.5. The smallest absolute Gasteiger partial charge is 0.295 e. The number of ether oxygens (including phenoxy) is 3. The minimum absolute atomic E-state index is 0.0478. The second-order valence-electron chi connectivity index (χ2n) is 10.0. The molecule has 1 fully saturated rings. The third-order valence-corrected chi connectivity index (χ3v) is 7.11. The first kappa shape index (κ1) is 30.0. The van der Waals surface area contributed by atoms with Gasteiger partial charge in [0.05, 0.1) is 32.4 Å². The number of rotatable bonds is 14. The van der Waals surface area contributed by atoms with E-state index in [-0.39, 0.29) is 11.3 Å². The topological polar surface area (TPSA) is 88.5 Å². The van der Waals surface area contributed by atoms with E-state index in [0.717, 1.165) is 26.1 Å². The fraction of sp³-hybridized carbons (Fsp3) is 0.484. The van der Waals surface area contributed by atoms with Gasteiger partial charge in [0.25, 0.3) is 11.7 Å². The predicted octanol–water partition coefficient (Wildman–Crippen LogP) is 5.28. The number of carbonyl (C=O) groups is 2. The first-order chi connectivity index (χ1) is 18.7. The molecule has 0 saturated carbocycles. The summed E-state index contributed by atoms with van der Waals surface area (Å²) in [5.41, 5.74) is 1.11. The number of hydrogen-bond donors (Lipinski definition) is 1. The van der Waals surface area contributed by atoms with Crippen molar-refractivity contribution < 1.29 is 28.9 Å². The molecule has 1 heterocycles. The number of likely N-dealkylation sites (tertiary alicyclic amines) is 1. The quantitative estimate of drug-likeness (QED) is 0.199. The molecular weight excluding hydrogens is 496 g/mol. The summed E-state index contributed by atoms with van der Waals surface area (Å²) in [5.74, 6) is 0.565. The Hall–Kier alpha value is -3.52. The van der Waals surface area contributed by atoms with E-state index in [9.17, 15) is 14.7 Å². The molecular formula is C31H42N2O6. The second kappa shape index (κ2) is 14.0. The van der Waals surface area contributed by atoms with Crippen LogP contribution in [0.25, 0.3) is 5.76 Å². The molecule has 0 radical (unpaired) electrons. The molecule has 8 nitrogen and oxygen atoms in total. The summed E-state index contributed by atoms with van der Waals surface area (Å²) in [5, 5.41) is 11.4. The van der Waals surface area contributed by atoms with E-state index in [0.29, 0.717) is 53.9 Å². The van der Waals surface area contributed by atoms with Crippen molar-refractivity contribution >= 4 is 17.4 Å². The maximum absolute atomic E-state index is 13.4. The average molecular weight is 539 g/mol.